The summed E-state index contributed by atoms with van der Waals surface area (Å²) in [4.78, 5) is 24.4. The molecule has 2 rings (SSSR count). The lowest BCUT2D eigenvalue weighted by atomic mass is 10.0. The molecule has 126 valence electrons. The van der Waals surface area contributed by atoms with Crippen LogP contribution in [-0.4, -0.2) is 25.0 Å². The molecule has 1 atom stereocenters. The molecule has 1 amide bonds. The number of amides is 1. The zero-order chi connectivity index (χ0) is 17.7. The summed E-state index contributed by atoms with van der Waals surface area (Å²) in [5.74, 6) is -1.11. The lowest BCUT2D eigenvalue weighted by Gasteiger charge is -2.17. The van der Waals surface area contributed by atoms with Crippen molar-refractivity contribution in [3.05, 3.63) is 63.6 Å². The molecule has 0 bridgehead atoms. The predicted molar refractivity (Wildman–Crippen MR) is 94.3 cm³/mol. The first-order valence-electron chi connectivity index (χ1n) is 7.09. The molecule has 1 unspecified atom stereocenters. The lowest BCUT2D eigenvalue weighted by Crippen LogP contribution is -2.43. The third-order valence-corrected chi connectivity index (χ3v) is 4.03. The molecule has 2 aromatic carbocycles. The maximum absolute atomic E-state index is 12.5. The molecule has 24 heavy (non-hydrogen) atoms. The van der Waals surface area contributed by atoms with Gasteiger partial charge in [-0.2, -0.15) is 0 Å². The van der Waals surface area contributed by atoms with Crippen molar-refractivity contribution in [3.63, 3.8) is 0 Å². The molecule has 0 aliphatic heterocycles. The van der Waals surface area contributed by atoms with E-state index in [1.807, 2.05) is 0 Å². The van der Waals surface area contributed by atoms with Gasteiger partial charge >= 0.3 is 5.97 Å². The predicted octanol–water partition coefficient (Wildman–Crippen LogP) is 3.09. The van der Waals surface area contributed by atoms with Gasteiger partial charge in [-0.1, -0.05) is 41.4 Å². The van der Waals surface area contributed by atoms with E-state index >= 15 is 0 Å². The van der Waals surface area contributed by atoms with E-state index < -0.39 is 17.9 Å². The van der Waals surface area contributed by atoms with Gasteiger partial charge in [0.25, 0.3) is 5.91 Å². The monoisotopic (exact) mass is 366 g/mol. The average Bonchev–Trinajstić information content (AvgIpc) is 2.55. The number of ether oxygens (including phenoxy) is 1. The number of rotatable bonds is 5. The average molecular weight is 367 g/mol. The molecule has 2 aromatic rings. The van der Waals surface area contributed by atoms with Gasteiger partial charge in [-0.05, 0) is 29.8 Å². The van der Waals surface area contributed by atoms with Crippen LogP contribution in [0.3, 0.4) is 0 Å². The van der Waals surface area contributed by atoms with E-state index in [9.17, 15) is 9.59 Å². The summed E-state index contributed by atoms with van der Waals surface area (Å²) in [6, 6.07) is 10.9. The number of esters is 1. The third kappa shape index (κ3) is 4.40. The Morgan fingerprint density at radius 3 is 2.25 bits per heavy atom. The summed E-state index contributed by atoms with van der Waals surface area (Å²) >= 11 is 12.0. The number of halogens is 2. The van der Waals surface area contributed by atoms with Crippen molar-refractivity contribution in [1.29, 1.82) is 0 Å². The van der Waals surface area contributed by atoms with Crippen molar-refractivity contribution in [3.8, 4) is 0 Å². The van der Waals surface area contributed by atoms with Crippen LogP contribution >= 0.6 is 23.2 Å². The molecule has 3 N–H and O–H groups in total. The summed E-state index contributed by atoms with van der Waals surface area (Å²) in [6.07, 6.45) is 0.251. The summed E-state index contributed by atoms with van der Waals surface area (Å²) in [5.41, 5.74) is 7.20. The van der Waals surface area contributed by atoms with Gasteiger partial charge in [0.15, 0.2) is 0 Å². The summed E-state index contributed by atoms with van der Waals surface area (Å²) in [7, 11) is 1.26. The second-order valence-electron chi connectivity index (χ2n) is 5.09. The highest BCUT2D eigenvalue weighted by molar-refractivity contribution is 6.39. The number of nitrogens with two attached hydrogens (primary N) is 1. The van der Waals surface area contributed by atoms with Gasteiger partial charge in [-0.15, -0.1) is 0 Å². The Kier molecular flexibility index (Phi) is 6.06. The van der Waals surface area contributed by atoms with E-state index in [1.165, 1.54) is 7.11 Å². The third-order valence-electron chi connectivity index (χ3n) is 3.40. The van der Waals surface area contributed by atoms with Gasteiger partial charge in [-0.25, -0.2) is 4.79 Å². The Morgan fingerprint density at radius 2 is 1.71 bits per heavy atom. The molecule has 0 aromatic heterocycles. The number of carbonyl (C=O) groups is 2. The first kappa shape index (κ1) is 18.1. The van der Waals surface area contributed by atoms with Crippen molar-refractivity contribution >= 4 is 40.8 Å². The molecule has 0 saturated carbocycles. The second-order valence-corrected chi connectivity index (χ2v) is 5.91. The maximum Gasteiger partial charge on any atom is 0.328 e. The van der Waals surface area contributed by atoms with E-state index in [4.69, 9.17) is 33.7 Å². The number of hydrogen-bond acceptors (Lipinski definition) is 4. The van der Waals surface area contributed by atoms with E-state index in [1.54, 1.807) is 42.5 Å². The number of nitrogens with one attached hydrogen (secondary N) is 1. The van der Waals surface area contributed by atoms with Crippen LogP contribution in [0.4, 0.5) is 5.69 Å². The molecule has 0 aliphatic rings. The fourth-order valence-electron chi connectivity index (χ4n) is 2.17. The van der Waals surface area contributed by atoms with Crippen LogP contribution in [0.5, 0.6) is 0 Å². The fraction of sp³-hybridized carbons (Fsp3) is 0.176. The normalized spacial score (nSPS) is 11.6. The molecular formula is C17H16Cl2N2O3. The van der Waals surface area contributed by atoms with E-state index in [-0.39, 0.29) is 22.0 Å². The Balaban J connectivity index is 2.21. The van der Waals surface area contributed by atoms with Crippen LogP contribution in [0, 0.1) is 0 Å². The van der Waals surface area contributed by atoms with Crippen molar-refractivity contribution in [2.45, 2.75) is 12.5 Å². The number of benzene rings is 2. The number of hydrogen-bond donors (Lipinski definition) is 2. The van der Waals surface area contributed by atoms with Crippen LogP contribution in [0.2, 0.25) is 10.0 Å². The molecule has 0 radical (unpaired) electrons. The number of nitrogen functional groups attached to an aromatic ring is 1. The quantitative estimate of drug-likeness (QED) is 0.629. The van der Waals surface area contributed by atoms with Crippen molar-refractivity contribution < 1.29 is 14.3 Å². The molecule has 0 aliphatic carbocycles. The molecule has 0 heterocycles. The highest BCUT2D eigenvalue weighted by Crippen LogP contribution is 2.24. The number of carbonyl (C=O) groups excluding carboxylic acids is 2. The largest absolute Gasteiger partial charge is 0.467 e. The molecule has 0 spiro atoms. The number of methoxy groups -OCH3 is 1. The van der Waals surface area contributed by atoms with Gasteiger partial charge in [0.1, 0.15) is 6.04 Å². The second kappa shape index (κ2) is 8.04. The highest BCUT2D eigenvalue weighted by Gasteiger charge is 2.24. The zero-order valence-corrected chi connectivity index (χ0v) is 14.4. The van der Waals surface area contributed by atoms with Crippen LogP contribution in [0.1, 0.15) is 15.9 Å². The van der Waals surface area contributed by atoms with Gasteiger partial charge in [-0.3, -0.25) is 4.79 Å². The SMILES string of the molecule is COC(=O)C(Cc1ccc(N)cc1)NC(=O)c1c(Cl)cccc1Cl. The Hall–Kier alpha value is -2.24. The van der Waals surface area contributed by atoms with Crippen molar-refractivity contribution in [1.82, 2.24) is 5.32 Å². The summed E-state index contributed by atoms with van der Waals surface area (Å²) in [6.45, 7) is 0. The minimum absolute atomic E-state index is 0.118. The lowest BCUT2D eigenvalue weighted by molar-refractivity contribution is -0.142. The van der Waals surface area contributed by atoms with Gasteiger partial charge in [0, 0.05) is 12.1 Å². The van der Waals surface area contributed by atoms with Crippen LogP contribution in [0.25, 0.3) is 0 Å². The van der Waals surface area contributed by atoms with E-state index in [2.05, 4.69) is 5.32 Å². The van der Waals surface area contributed by atoms with E-state index in [0.717, 1.165) is 5.56 Å². The zero-order valence-electron chi connectivity index (χ0n) is 12.9. The highest BCUT2D eigenvalue weighted by atomic mass is 35.5. The first-order valence-corrected chi connectivity index (χ1v) is 7.85. The van der Waals surface area contributed by atoms with E-state index in [0.29, 0.717) is 5.69 Å². The smallest absolute Gasteiger partial charge is 0.328 e. The molecular weight excluding hydrogens is 351 g/mol. The Morgan fingerprint density at radius 1 is 1.12 bits per heavy atom. The standard InChI is InChI=1S/C17H16Cl2N2O3/c1-24-17(23)14(9-10-5-7-11(20)8-6-10)21-16(22)15-12(18)3-2-4-13(15)19/h2-8,14H,9,20H2,1H3,(H,21,22). The van der Waals surface area contributed by atoms with Crippen LogP contribution < -0.4 is 11.1 Å². The van der Waals surface area contributed by atoms with Gasteiger partial charge in [0.2, 0.25) is 0 Å². The van der Waals surface area contributed by atoms with Crippen LogP contribution in [0.15, 0.2) is 42.5 Å². The Labute approximate surface area is 149 Å². The number of anilines is 1. The fourth-order valence-corrected chi connectivity index (χ4v) is 2.74. The topological polar surface area (TPSA) is 81.4 Å². The van der Waals surface area contributed by atoms with Gasteiger partial charge < -0.3 is 15.8 Å². The first-order chi connectivity index (χ1) is 11.4. The maximum atomic E-state index is 12.5. The molecule has 0 fully saturated rings. The molecule has 0 saturated heterocycles. The summed E-state index contributed by atoms with van der Waals surface area (Å²) in [5, 5.41) is 3.02. The molecule has 5 nitrogen and oxygen atoms in total. The Bertz CT molecular complexity index is 728. The van der Waals surface area contributed by atoms with Crippen molar-refractivity contribution in [2.75, 3.05) is 12.8 Å². The van der Waals surface area contributed by atoms with Gasteiger partial charge in [0.05, 0.1) is 22.7 Å². The minimum Gasteiger partial charge on any atom is -0.467 e. The minimum atomic E-state index is -0.876. The van der Waals surface area contributed by atoms with Crippen molar-refractivity contribution in [2.24, 2.45) is 0 Å². The summed E-state index contributed by atoms with van der Waals surface area (Å²) < 4.78 is 4.76. The van der Waals surface area contributed by atoms with Crippen LogP contribution in [-0.2, 0) is 16.0 Å². The molecule has 7 heteroatoms.